The molecular weight excluding hydrogens is 660 g/mol. The molecule has 0 saturated heterocycles. The van der Waals surface area contributed by atoms with E-state index in [9.17, 15) is 19.2 Å². The molecule has 0 fully saturated rings. The highest BCUT2D eigenvalue weighted by atomic mass is 16.5. The second kappa shape index (κ2) is 38.0. The van der Waals surface area contributed by atoms with Crippen molar-refractivity contribution in [3.05, 3.63) is 24.3 Å². The van der Waals surface area contributed by atoms with Gasteiger partial charge >= 0.3 is 23.9 Å². The predicted octanol–water partition coefficient (Wildman–Crippen LogP) is 9.95. The summed E-state index contributed by atoms with van der Waals surface area (Å²) in [7, 11) is 7.72. The first-order chi connectivity index (χ1) is 22.3. The normalized spacial score (nSPS) is 11.1. The van der Waals surface area contributed by atoms with Crippen LogP contribution in [-0.4, -0.2) is 101 Å². The lowest BCUT2D eigenvalue weighted by atomic mass is 9.72. The zero-order chi connectivity index (χ0) is 37.8. The van der Waals surface area contributed by atoms with E-state index >= 15 is 0 Å². The van der Waals surface area contributed by atoms with Gasteiger partial charge in [0.1, 0.15) is 13.2 Å². The van der Waals surface area contributed by atoms with Crippen LogP contribution < -0.4 is 0 Å². The number of likely N-dealkylation sites (N-methyl/N-ethyl adjacent to an activating group) is 2. The summed E-state index contributed by atoms with van der Waals surface area (Å²) in [6.45, 7) is 25.3. The molecule has 0 saturated carbocycles. The standard InChI is InChI=1S/C20H39NO4.C10H18O2.C8H15NO2.4CH4/c1-8-10-11-12-14-24-18(23)20(5,9-2)16-19(3,4)17(22)25-15-13-21(6)7;1-4-5-6-7-8-12-10(11)9(2)3;1-7(2)8(10)11-6-5-9(3)4;;;;/h8-16H2,1-7H3;2,4-8H2,1,3H3;1,5-6H2,2-4H3;4*1H4. The lowest BCUT2D eigenvalue weighted by Gasteiger charge is -2.33. The first-order valence-corrected chi connectivity index (χ1v) is 17.6. The summed E-state index contributed by atoms with van der Waals surface area (Å²) in [5, 5.41) is 0. The van der Waals surface area contributed by atoms with E-state index in [4.69, 9.17) is 18.9 Å². The molecule has 10 nitrogen and oxygen atoms in total. The van der Waals surface area contributed by atoms with Crippen LogP contribution >= 0.6 is 0 Å². The number of carbonyl (C=O) groups excluding carboxylic acids is 4. The van der Waals surface area contributed by atoms with E-state index in [-0.39, 0.29) is 53.6 Å². The molecule has 0 N–H and O–H groups in total. The second-order valence-electron chi connectivity index (χ2n) is 13.8. The Morgan fingerprint density at radius 1 is 0.538 bits per heavy atom. The zero-order valence-electron chi connectivity index (χ0n) is 32.9. The molecule has 10 heteroatoms. The van der Waals surface area contributed by atoms with Gasteiger partial charge in [-0.1, -0.05) is 102 Å². The first kappa shape index (κ1) is 64.3. The van der Waals surface area contributed by atoms with Gasteiger partial charge in [0, 0.05) is 24.2 Å². The molecule has 0 radical (unpaired) electrons. The molecule has 0 aliphatic heterocycles. The van der Waals surface area contributed by atoms with Crippen LogP contribution in [0.1, 0.15) is 149 Å². The summed E-state index contributed by atoms with van der Waals surface area (Å²) in [5.41, 5.74) is -0.470. The minimum Gasteiger partial charge on any atom is -0.465 e. The topological polar surface area (TPSA) is 112 Å². The van der Waals surface area contributed by atoms with E-state index in [0.717, 1.165) is 45.1 Å². The van der Waals surface area contributed by atoms with Crippen molar-refractivity contribution in [3.63, 3.8) is 0 Å². The first-order valence-electron chi connectivity index (χ1n) is 17.6. The van der Waals surface area contributed by atoms with Gasteiger partial charge in [0.25, 0.3) is 0 Å². The van der Waals surface area contributed by atoms with Gasteiger partial charge in [-0.2, -0.15) is 0 Å². The highest BCUT2D eigenvalue weighted by molar-refractivity contribution is 5.87. The Hall–Kier alpha value is -2.72. The van der Waals surface area contributed by atoms with Crippen molar-refractivity contribution in [1.29, 1.82) is 0 Å². The third-order valence-electron chi connectivity index (χ3n) is 7.36. The molecule has 1 atom stereocenters. The molecule has 0 heterocycles. The molecule has 52 heavy (non-hydrogen) atoms. The van der Waals surface area contributed by atoms with Gasteiger partial charge in [-0.05, 0) is 88.5 Å². The average Bonchev–Trinajstić information content (AvgIpc) is 3.00. The van der Waals surface area contributed by atoms with Gasteiger partial charge in [0.2, 0.25) is 0 Å². The number of unbranched alkanes of at least 4 members (excludes halogenated alkanes) is 6. The molecule has 0 spiro atoms. The van der Waals surface area contributed by atoms with E-state index in [1.54, 1.807) is 13.8 Å². The van der Waals surface area contributed by atoms with Crippen LogP contribution in [0, 0.1) is 10.8 Å². The number of hydrogen-bond acceptors (Lipinski definition) is 10. The molecule has 1 unspecified atom stereocenters. The Bertz CT molecular complexity index is 931. The van der Waals surface area contributed by atoms with Crippen LogP contribution in [-0.2, 0) is 38.1 Å². The molecule has 0 aliphatic rings. The molecule has 0 rings (SSSR count). The number of hydrogen-bond donors (Lipinski definition) is 0. The Labute approximate surface area is 323 Å². The number of carbonyl (C=O) groups is 4. The largest absolute Gasteiger partial charge is 0.465 e. The van der Waals surface area contributed by atoms with Crippen molar-refractivity contribution < 1.29 is 38.1 Å². The van der Waals surface area contributed by atoms with Gasteiger partial charge in [-0.15, -0.1) is 0 Å². The van der Waals surface area contributed by atoms with Crippen LogP contribution in [0.4, 0.5) is 0 Å². The summed E-state index contributed by atoms with van der Waals surface area (Å²) in [6, 6.07) is 0. The van der Waals surface area contributed by atoms with Crippen LogP contribution in [0.3, 0.4) is 0 Å². The minimum absolute atomic E-state index is 0. The van der Waals surface area contributed by atoms with E-state index in [1.807, 2.05) is 65.7 Å². The molecule has 0 aliphatic carbocycles. The lowest BCUT2D eigenvalue weighted by molar-refractivity contribution is -0.163. The zero-order valence-corrected chi connectivity index (χ0v) is 32.9. The Kier molecular flexibility index (Phi) is 47.0. The van der Waals surface area contributed by atoms with Crippen molar-refractivity contribution in [2.75, 3.05) is 67.7 Å². The fourth-order valence-electron chi connectivity index (χ4n) is 4.03. The monoisotopic (exact) mass is 749 g/mol. The van der Waals surface area contributed by atoms with E-state index < -0.39 is 10.8 Å². The Balaban J connectivity index is -0.000000127. The SMILES string of the molecule is C.C.C.C.C=C(C)C(=O)OCCCCCC.C=C(C)C(=O)OCCN(C)C.CCCCCCOC(=O)C(C)(CC)CC(C)(C)C(=O)OCCN(C)C. The molecule has 0 aromatic heterocycles. The van der Waals surface area contributed by atoms with Crippen LogP contribution in [0.25, 0.3) is 0 Å². The van der Waals surface area contributed by atoms with Crippen LogP contribution in [0.2, 0.25) is 0 Å². The summed E-state index contributed by atoms with van der Waals surface area (Å²) in [5.74, 6) is -1.05. The average molecular weight is 749 g/mol. The molecule has 0 amide bonds. The summed E-state index contributed by atoms with van der Waals surface area (Å²) >= 11 is 0. The van der Waals surface area contributed by atoms with E-state index in [0.29, 0.717) is 57.0 Å². The quantitative estimate of drug-likeness (QED) is 0.0433. The summed E-state index contributed by atoms with van der Waals surface area (Å²) < 4.78 is 20.6. The van der Waals surface area contributed by atoms with Crippen LogP contribution in [0.5, 0.6) is 0 Å². The van der Waals surface area contributed by atoms with Gasteiger partial charge in [-0.25, -0.2) is 9.59 Å². The third kappa shape index (κ3) is 37.1. The fourth-order valence-corrected chi connectivity index (χ4v) is 4.03. The van der Waals surface area contributed by atoms with Crippen molar-refractivity contribution in [2.24, 2.45) is 10.8 Å². The van der Waals surface area contributed by atoms with Crippen molar-refractivity contribution in [2.45, 2.75) is 149 Å². The van der Waals surface area contributed by atoms with Gasteiger partial charge in [0.05, 0.1) is 24.0 Å². The fraction of sp³-hybridized carbons (Fsp3) is 0.810. The Morgan fingerprint density at radius 2 is 0.885 bits per heavy atom. The van der Waals surface area contributed by atoms with E-state index in [1.165, 1.54) is 12.8 Å². The highest BCUT2D eigenvalue weighted by Gasteiger charge is 2.42. The number of nitrogens with zero attached hydrogens (tertiary/aromatic N) is 2. The van der Waals surface area contributed by atoms with E-state index in [2.05, 4.69) is 27.0 Å². The van der Waals surface area contributed by atoms with Crippen LogP contribution in [0.15, 0.2) is 24.3 Å². The molecule has 314 valence electrons. The maximum atomic E-state index is 12.6. The maximum absolute atomic E-state index is 12.6. The maximum Gasteiger partial charge on any atom is 0.333 e. The number of ether oxygens (including phenoxy) is 4. The number of rotatable bonds is 23. The summed E-state index contributed by atoms with van der Waals surface area (Å²) in [4.78, 5) is 50.5. The van der Waals surface area contributed by atoms with Crippen molar-refractivity contribution in [1.82, 2.24) is 9.80 Å². The lowest BCUT2D eigenvalue weighted by Crippen LogP contribution is -2.39. The van der Waals surface area contributed by atoms with Crippen molar-refractivity contribution >= 4 is 23.9 Å². The predicted molar refractivity (Wildman–Crippen MR) is 223 cm³/mol. The molecule has 0 aromatic rings. The molecular formula is C42H88N2O8. The smallest absolute Gasteiger partial charge is 0.333 e. The number of esters is 4. The highest BCUT2D eigenvalue weighted by Crippen LogP contribution is 2.38. The van der Waals surface area contributed by atoms with Crippen molar-refractivity contribution in [3.8, 4) is 0 Å². The summed E-state index contributed by atoms with van der Waals surface area (Å²) in [6.07, 6.45) is 9.87. The van der Waals surface area contributed by atoms with Gasteiger partial charge in [-0.3, -0.25) is 9.59 Å². The minimum atomic E-state index is -0.724. The second-order valence-corrected chi connectivity index (χ2v) is 13.8. The van der Waals surface area contributed by atoms with Gasteiger partial charge < -0.3 is 28.7 Å². The molecule has 0 bridgehead atoms. The van der Waals surface area contributed by atoms with Gasteiger partial charge in [0.15, 0.2) is 0 Å². The molecule has 0 aromatic carbocycles. The third-order valence-corrected chi connectivity index (χ3v) is 7.36. The Morgan fingerprint density at radius 3 is 1.23 bits per heavy atom.